The molecule has 3 aromatic carbocycles. The molecule has 1 aliphatic rings. The van der Waals surface area contributed by atoms with Crippen LogP contribution >= 0.6 is 27.7 Å². The molecule has 1 saturated heterocycles. The van der Waals surface area contributed by atoms with Crippen molar-refractivity contribution >= 4 is 56.5 Å². The Hall–Kier alpha value is -3.16. The Morgan fingerprint density at radius 1 is 0.968 bits per heavy atom. The molecular weight excluding hydrogens is 476 g/mol. The minimum atomic E-state index is -0.954. The van der Waals surface area contributed by atoms with Crippen molar-refractivity contribution in [3.8, 4) is 11.1 Å². The number of carboxylic acids is 1. The summed E-state index contributed by atoms with van der Waals surface area (Å²) in [5, 5.41) is 12.3. The third kappa shape index (κ3) is 5.13. The molecule has 0 saturated carbocycles. The van der Waals surface area contributed by atoms with Crippen LogP contribution in [0.3, 0.4) is 0 Å². The lowest BCUT2D eigenvalue weighted by molar-refractivity contribution is -0.136. The van der Waals surface area contributed by atoms with E-state index in [9.17, 15) is 9.59 Å². The van der Waals surface area contributed by atoms with Gasteiger partial charge in [0.25, 0.3) is 5.91 Å². The van der Waals surface area contributed by atoms with E-state index in [-0.39, 0.29) is 5.91 Å². The van der Waals surface area contributed by atoms with Gasteiger partial charge in [-0.1, -0.05) is 82.7 Å². The van der Waals surface area contributed by atoms with Crippen molar-refractivity contribution in [1.29, 1.82) is 0 Å². The molecule has 1 aliphatic heterocycles. The van der Waals surface area contributed by atoms with Crippen LogP contribution in [0.4, 0.5) is 5.69 Å². The summed E-state index contributed by atoms with van der Waals surface area (Å²) < 4.78 is 0. The smallest absolute Gasteiger partial charge is 0.321 e. The minimum absolute atomic E-state index is 0.195. The lowest BCUT2D eigenvalue weighted by atomic mass is 10.0. The number of amidine groups is 1. The van der Waals surface area contributed by atoms with Crippen LogP contribution in [0.1, 0.15) is 16.0 Å². The molecule has 31 heavy (non-hydrogen) atoms. The summed E-state index contributed by atoms with van der Waals surface area (Å²) >= 11 is 4.40. The average Bonchev–Trinajstić information content (AvgIpc) is 3.13. The van der Waals surface area contributed by atoms with Crippen LogP contribution in [0.15, 0.2) is 88.8 Å². The first kappa shape index (κ1) is 21.1. The Kier molecular flexibility index (Phi) is 6.34. The SMILES string of the molecule is O=C1NC(=Nc2ccc(C(Br)C(=O)O)cc2)SC1=Cc1ccc(-c2ccccc2)cc1. The fourth-order valence-corrected chi connectivity index (χ4v) is 4.16. The van der Waals surface area contributed by atoms with Crippen LogP contribution in [0.2, 0.25) is 0 Å². The number of carbonyl (C=O) groups excluding carboxylic acids is 1. The third-order valence-corrected chi connectivity index (χ3v) is 6.43. The number of carboxylic acid groups (broad SMARTS) is 1. The number of nitrogens with zero attached hydrogens (tertiary/aromatic N) is 1. The first-order chi connectivity index (χ1) is 15.0. The molecule has 0 aliphatic carbocycles. The topological polar surface area (TPSA) is 78.8 Å². The van der Waals surface area contributed by atoms with Gasteiger partial charge in [0.1, 0.15) is 4.83 Å². The van der Waals surface area contributed by atoms with Crippen molar-refractivity contribution < 1.29 is 14.7 Å². The highest BCUT2D eigenvalue weighted by atomic mass is 79.9. The van der Waals surface area contributed by atoms with Crippen molar-refractivity contribution in [2.45, 2.75) is 4.83 Å². The van der Waals surface area contributed by atoms with E-state index >= 15 is 0 Å². The Labute approximate surface area is 192 Å². The van der Waals surface area contributed by atoms with Gasteiger partial charge in [-0.3, -0.25) is 9.59 Å². The second kappa shape index (κ2) is 9.32. The molecule has 5 nitrogen and oxygen atoms in total. The van der Waals surface area contributed by atoms with E-state index in [1.807, 2.05) is 48.5 Å². The number of carbonyl (C=O) groups is 2. The molecule has 0 radical (unpaired) electrons. The Bertz CT molecular complexity index is 1170. The summed E-state index contributed by atoms with van der Waals surface area (Å²) in [7, 11) is 0. The highest BCUT2D eigenvalue weighted by Gasteiger charge is 2.24. The molecule has 3 aromatic rings. The van der Waals surface area contributed by atoms with Gasteiger partial charge >= 0.3 is 5.97 Å². The van der Waals surface area contributed by atoms with Crippen LogP contribution in [0, 0.1) is 0 Å². The lowest BCUT2D eigenvalue weighted by Crippen LogP contribution is -2.19. The van der Waals surface area contributed by atoms with E-state index in [4.69, 9.17) is 5.11 Å². The number of rotatable bonds is 5. The second-order valence-corrected chi connectivity index (χ2v) is 8.71. The predicted molar refractivity (Wildman–Crippen MR) is 128 cm³/mol. The van der Waals surface area contributed by atoms with Crippen LogP contribution in [0.25, 0.3) is 17.2 Å². The Morgan fingerprint density at radius 2 is 1.61 bits per heavy atom. The molecule has 0 aromatic heterocycles. The van der Waals surface area contributed by atoms with E-state index in [1.165, 1.54) is 11.8 Å². The van der Waals surface area contributed by atoms with Crippen molar-refractivity contribution in [3.05, 3.63) is 94.9 Å². The largest absolute Gasteiger partial charge is 0.480 e. The summed E-state index contributed by atoms with van der Waals surface area (Å²) in [5.41, 5.74) is 4.44. The van der Waals surface area contributed by atoms with E-state index in [0.717, 1.165) is 16.7 Å². The van der Waals surface area contributed by atoms with Crippen molar-refractivity contribution in [3.63, 3.8) is 0 Å². The fourth-order valence-electron chi connectivity index (χ4n) is 3.01. The number of alkyl halides is 1. The molecule has 1 amide bonds. The average molecular weight is 493 g/mol. The van der Waals surface area contributed by atoms with Gasteiger partial charge in [-0.25, -0.2) is 4.99 Å². The maximum atomic E-state index is 12.3. The standard InChI is InChI=1S/C24H17BrN2O3S/c25-21(23(29)30)18-10-12-19(13-11-18)26-24-27-22(28)20(31-24)14-15-6-8-17(9-7-15)16-4-2-1-3-5-16/h1-14,21H,(H,29,30)(H,26,27,28). The van der Waals surface area contributed by atoms with E-state index in [0.29, 0.717) is 21.3 Å². The third-order valence-electron chi connectivity index (χ3n) is 4.60. The molecule has 154 valence electrons. The van der Waals surface area contributed by atoms with Gasteiger partial charge in [-0.15, -0.1) is 0 Å². The van der Waals surface area contributed by atoms with Crippen LogP contribution in [0.5, 0.6) is 0 Å². The number of benzene rings is 3. The maximum Gasteiger partial charge on any atom is 0.321 e. The zero-order chi connectivity index (χ0) is 21.8. The van der Waals surface area contributed by atoms with Crippen molar-refractivity contribution in [2.24, 2.45) is 4.99 Å². The Morgan fingerprint density at radius 3 is 2.26 bits per heavy atom. The molecule has 1 atom stereocenters. The zero-order valence-electron chi connectivity index (χ0n) is 16.2. The van der Waals surface area contributed by atoms with E-state index < -0.39 is 10.8 Å². The van der Waals surface area contributed by atoms with Gasteiger partial charge in [-0.2, -0.15) is 0 Å². The number of nitrogens with one attached hydrogen (secondary N) is 1. The number of hydrogen-bond donors (Lipinski definition) is 2. The van der Waals surface area contributed by atoms with Gasteiger partial charge in [0, 0.05) is 0 Å². The van der Waals surface area contributed by atoms with Gasteiger partial charge in [-0.05, 0) is 52.2 Å². The van der Waals surface area contributed by atoms with Crippen LogP contribution in [-0.2, 0) is 9.59 Å². The second-order valence-electron chi connectivity index (χ2n) is 6.76. The minimum Gasteiger partial charge on any atom is -0.480 e. The lowest BCUT2D eigenvalue weighted by Gasteiger charge is -2.04. The number of hydrogen-bond acceptors (Lipinski definition) is 4. The normalized spacial score (nSPS) is 17.0. The summed E-state index contributed by atoms with van der Waals surface area (Å²) in [6.07, 6.45) is 1.84. The Balaban J connectivity index is 1.47. The molecule has 0 spiro atoms. The molecule has 0 bridgehead atoms. The molecular formula is C24H17BrN2O3S. The number of aliphatic carboxylic acids is 1. The number of thioether (sulfide) groups is 1. The van der Waals surface area contributed by atoms with Gasteiger partial charge in [0.05, 0.1) is 10.6 Å². The number of halogens is 1. The highest BCUT2D eigenvalue weighted by molar-refractivity contribution is 9.09. The molecule has 1 fully saturated rings. The summed E-state index contributed by atoms with van der Waals surface area (Å²) in [6.45, 7) is 0. The van der Waals surface area contributed by atoms with Gasteiger partial charge in [0.15, 0.2) is 5.17 Å². The summed E-state index contributed by atoms with van der Waals surface area (Å²) in [5.74, 6) is -1.15. The molecule has 1 heterocycles. The van der Waals surface area contributed by atoms with E-state index in [1.54, 1.807) is 24.3 Å². The number of amides is 1. The summed E-state index contributed by atoms with van der Waals surface area (Å²) in [6, 6.07) is 25.0. The van der Waals surface area contributed by atoms with Gasteiger partial charge < -0.3 is 10.4 Å². The first-order valence-corrected chi connectivity index (χ1v) is 11.1. The number of aliphatic imine (C=N–C) groups is 1. The van der Waals surface area contributed by atoms with Gasteiger partial charge in [0.2, 0.25) is 0 Å². The molecule has 2 N–H and O–H groups in total. The van der Waals surface area contributed by atoms with E-state index in [2.05, 4.69) is 38.4 Å². The zero-order valence-corrected chi connectivity index (χ0v) is 18.6. The predicted octanol–water partition coefficient (Wildman–Crippen LogP) is 5.77. The molecule has 1 unspecified atom stereocenters. The highest BCUT2D eigenvalue weighted by Crippen LogP contribution is 2.30. The first-order valence-electron chi connectivity index (χ1n) is 9.41. The fraction of sp³-hybridized carbons (Fsp3) is 0.0417. The maximum absolute atomic E-state index is 12.3. The molecule has 7 heteroatoms. The van der Waals surface area contributed by atoms with Crippen molar-refractivity contribution in [1.82, 2.24) is 5.32 Å². The van der Waals surface area contributed by atoms with Crippen molar-refractivity contribution in [2.75, 3.05) is 0 Å². The summed E-state index contributed by atoms with van der Waals surface area (Å²) in [4.78, 5) is 27.6. The quantitative estimate of drug-likeness (QED) is 0.350. The van der Waals surface area contributed by atoms with Crippen LogP contribution < -0.4 is 5.32 Å². The van der Waals surface area contributed by atoms with Crippen LogP contribution in [-0.4, -0.2) is 22.2 Å². The monoisotopic (exact) mass is 492 g/mol. The molecule has 4 rings (SSSR count).